The molecule has 0 aliphatic rings. The Balaban J connectivity index is 1.33. The lowest BCUT2D eigenvalue weighted by Gasteiger charge is -2.09. The van der Waals surface area contributed by atoms with Gasteiger partial charge in [-0.1, -0.05) is 48.2 Å². The first kappa shape index (κ1) is 17.9. The molecule has 5 nitrogen and oxygen atoms in total. The molecule has 0 aliphatic heterocycles. The van der Waals surface area contributed by atoms with Crippen LogP contribution in [-0.2, 0) is 4.79 Å². The topological polar surface area (TPSA) is 59.3 Å². The monoisotopic (exact) mass is 416 g/mol. The average Bonchev–Trinajstić information content (AvgIpc) is 3.36. The summed E-state index contributed by atoms with van der Waals surface area (Å²) in [6.45, 7) is 0. The number of carbonyl (C=O) groups is 1. The maximum absolute atomic E-state index is 12.6. The largest absolute Gasteiger partial charge is 0.325 e. The minimum atomic E-state index is -0.0644. The Morgan fingerprint density at radius 3 is 2.72 bits per heavy atom. The summed E-state index contributed by atoms with van der Waals surface area (Å²) in [5.74, 6) is 0.241. The van der Waals surface area contributed by atoms with Crippen LogP contribution in [0.5, 0.6) is 0 Å². The van der Waals surface area contributed by atoms with Gasteiger partial charge in [0.15, 0.2) is 4.34 Å². The Morgan fingerprint density at radius 2 is 1.83 bits per heavy atom. The van der Waals surface area contributed by atoms with Gasteiger partial charge in [0, 0.05) is 18.0 Å². The second-order valence-electron chi connectivity index (χ2n) is 6.42. The molecule has 0 unspecified atom stereocenters. The number of imidazole rings is 1. The van der Waals surface area contributed by atoms with E-state index in [2.05, 4.69) is 15.3 Å². The molecule has 1 amide bonds. The number of rotatable bonds is 5. The van der Waals surface area contributed by atoms with Crippen molar-refractivity contribution < 1.29 is 4.79 Å². The highest BCUT2D eigenvalue weighted by molar-refractivity contribution is 8.01. The van der Waals surface area contributed by atoms with E-state index in [-0.39, 0.29) is 5.91 Å². The van der Waals surface area contributed by atoms with Crippen LogP contribution in [0.25, 0.3) is 27.1 Å². The Labute approximate surface area is 175 Å². The van der Waals surface area contributed by atoms with E-state index in [4.69, 9.17) is 0 Å². The molecule has 5 aromatic rings. The van der Waals surface area contributed by atoms with Gasteiger partial charge in [0.25, 0.3) is 0 Å². The van der Waals surface area contributed by atoms with Crippen LogP contribution in [0.2, 0.25) is 0 Å². The number of thioether (sulfide) groups is 1. The third-order valence-corrected chi connectivity index (χ3v) is 6.62. The lowest BCUT2D eigenvalue weighted by Crippen LogP contribution is -2.14. The van der Waals surface area contributed by atoms with E-state index < -0.39 is 0 Å². The van der Waals surface area contributed by atoms with Crippen molar-refractivity contribution >= 4 is 50.6 Å². The molecule has 29 heavy (non-hydrogen) atoms. The molecule has 2 aromatic carbocycles. The first-order valence-corrected chi connectivity index (χ1v) is 10.9. The van der Waals surface area contributed by atoms with Gasteiger partial charge in [-0.15, -0.1) is 11.3 Å². The van der Waals surface area contributed by atoms with Crippen LogP contribution in [0, 0.1) is 0 Å². The average molecular weight is 417 g/mol. The molecule has 3 aromatic heterocycles. The number of thiazole rings is 1. The lowest BCUT2D eigenvalue weighted by atomic mass is 10.1. The van der Waals surface area contributed by atoms with E-state index >= 15 is 0 Å². The molecule has 0 fully saturated rings. The van der Waals surface area contributed by atoms with Crippen LogP contribution in [0.1, 0.15) is 0 Å². The second-order valence-corrected chi connectivity index (χ2v) is 8.68. The van der Waals surface area contributed by atoms with Gasteiger partial charge in [-0.3, -0.25) is 4.79 Å². The van der Waals surface area contributed by atoms with Crippen molar-refractivity contribution in [3.05, 3.63) is 79.1 Å². The molecule has 0 bridgehead atoms. The van der Waals surface area contributed by atoms with Crippen LogP contribution >= 0.6 is 23.1 Å². The maximum atomic E-state index is 12.6. The number of para-hydroxylation sites is 2. The van der Waals surface area contributed by atoms with Crippen molar-refractivity contribution in [3.63, 3.8) is 0 Å². The highest BCUT2D eigenvalue weighted by Gasteiger charge is 2.12. The fraction of sp³-hybridized carbons (Fsp3) is 0.0455. The number of nitrogens with one attached hydrogen (secondary N) is 1. The number of amides is 1. The van der Waals surface area contributed by atoms with E-state index in [0.717, 1.165) is 37.1 Å². The van der Waals surface area contributed by atoms with Gasteiger partial charge in [-0.05, 0) is 30.3 Å². The smallest absolute Gasteiger partial charge is 0.234 e. The molecular formula is C22H16N4OS2. The predicted molar refractivity (Wildman–Crippen MR) is 120 cm³/mol. The molecule has 142 valence electrons. The van der Waals surface area contributed by atoms with E-state index in [1.165, 1.54) is 11.8 Å². The predicted octanol–water partition coefficient (Wildman–Crippen LogP) is 5.34. The zero-order chi connectivity index (χ0) is 19.6. The number of hydrogen-bond acceptors (Lipinski definition) is 5. The van der Waals surface area contributed by atoms with Crippen LogP contribution in [0.4, 0.5) is 5.69 Å². The van der Waals surface area contributed by atoms with E-state index in [0.29, 0.717) is 5.75 Å². The van der Waals surface area contributed by atoms with Gasteiger partial charge in [-0.25, -0.2) is 9.97 Å². The molecule has 5 rings (SSSR count). The molecule has 0 saturated carbocycles. The highest BCUT2D eigenvalue weighted by atomic mass is 32.2. The molecule has 7 heteroatoms. The Bertz CT molecular complexity index is 1260. The summed E-state index contributed by atoms with van der Waals surface area (Å²) in [7, 11) is 0. The first-order chi connectivity index (χ1) is 14.3. The van der Waals surface area contributed by atoms with Crippen molar-refractivity contribution in [2.75, 3.05) is 11.1 Å². The first-order valence-electron chi connectivity index (χ1n) is 9.08. The van der Waals surface area contributed by atoms with Crippen LogP contribution in [0.15, 0.2) is 83.5 Å². The molecule has 0 atom stereocenters. The summed E-state index contributed by atoms with van der Waals surface area (Å²) < 4.78 is 4.00. The Morgan fingerprint density at radius 1 is 1.00 bits per heavy atom. The third kappa shape index (κ3) is 3.74. The standard InChI is InChI=1S/C22H16N4OS2/c27-21(14-28-22-25-17-9-3-4-10-19(17)29-22)24-16-8-2-1-7-15(16)18-13-26-12-6-5-11-20(26)23-18/h1-13H,14H2,(H,24,27). The van der Waals surface area contributed by atoms with Crippen molar-refractivity contribution in [1.29, 1.82) is 0 Å². The number of carbonyl (C=O) groups excluding carboxylic acids is 1. The highest BCUT2D eigenvalue weighted by Crippen LogP contribution is 2.30. The van der Waals surface area contributed by atoms with Gasteiger partial charge >= 0.3 is 0 Å². The summed E-state index contributed by atoms with van der Waals surface area (Å²) in [6, 6.07) is 21.6. The summed E-state index contributed by atoms with van der Waals surface area (Å²) in [5, 5.41) is 3.03. The molecule has 1 N–H and O–H groups in total. The Hall–Kier alpha value is -3.16. The number of nitrogens with zero attached hydrogens (tertiary/aromatic N) is 3. The van der Waals surface area contributed by atoms with Crippen LogP contribution in [-0.4, -0.2) is 26.0 Å². The summed E-state index contributed by atoms with van der Waals surface area (Å²) in [5.41, 5.74) is 4.32. The van der Waals surface area contributed by atoms with E-state index in [1.54, 1.807) is 11.3 Å². The summed E-state index contributed by atoms with van der Waals surface area (Å²) >= 11 is 3.06. The summed E-state index contributed by atoms with van der Waals surface area (Å²) in [6.07, 6.45) is 3.93. The molecule has 0 aliphatic carbocycles. The number of pyridine rings is 1. The van der Waals surface area contributed by atoms with E-state index in [1.807, 2.05) is 83.5 Å². The maximum Gasteiger partial charge on any atom is 0.234 e. The molecule has 0 saturated heterocycles. The molecule has 3 heterocycles. The van der Waals surface area contributed by atoms with E-state index in [9.17, 15) is 4.79 Å². The zero-order valence-electron chi connectivity index (χ0n) is 15.3. The summed E-state index contributed by atoms with van der Waals surface area (Å²) in [4.78, 5) is 21.8. The fourth-order valence-corrected chi connectivity index (χ4v) is 4.97. The third-order valence-electron chi connectivity index (χ3n) is 4.44. The van der Waals surface area contributed by atoms with Crippen LogP contribution < -0.4 is 5.32 Å². The van der Waals surface area contributed by atoms with Crippen molar-refractivity contribution in [2.24, 2.45) is 0 Å². The minimum Gasteiger partial charge on any atom is -0.325 e. The van der Waals surface area contributed by atoms with Gasteiger partial charge in [0.2, 0.25) is 5.91 Å². The zero-order valence-corrected chi connectivity index (χ0v) is 16.9. The van der Waals surface area contributed by atoms with Gasteiger partial charge in [0.1, 0.15) is 5.65 Å². The SMILES string of the molecule is O=C(CSc1nc2ccccc2s1)Nc1ccccc1-c1cn2ccccc2n1. The molecule has 0 radical (unpaired) electrons. The number of benzene rings is 2. The van der Waals surface area contributed by atoms with Gasteiger partial charge in [-0.2, -0.15) is 0 Å². The van der Waals surface area contributed by atoms with Crippen molar-refractivity contribution in [1.82, 2.24) is 14.4 Å². The molecular weight excluding hydrogens is 400 g/mol. The Kier molecular flexibility index (Phi) is 4.75. The quantitative estimate of drug-likeness (QED) is 0.393. The van der Waals surface area contributed by atoms with Crippen LogP contribution in [0.3, 0.4) is 0 Å². The second kappa shape index (κ2) is 7.69. The van der Waals surface area contributed by atoms with Gasteiger partial charge in [0.05, 0.1) is 27.4 Å². The number of aromatic nitrogens is 3. The fourth-order valence-electron chi connectivity index (χ4n) is 3.11. The van der Waals surface area contributed by atoms with Crippen molar-refractivity contribution in [2.45, 2.75) is 4.34 Å². The number of fused-ring (bicyclic) bond motifs is 2. The number of anilines is 1. The molecule has 0 spiro atoms. The number of hydrogen-bond donors (Lipinski definition) is 1. The lowest BCUT2D eigenvalue weighted by molar-refractivity contribution is -0.113. The minimum absolute atomic E-state index is 0.0644. The van der Waals surface area contributed by atoms with Gasteiger partial charge < -0.3 is 9.72 Å². The van der Waals surface area contributed by atoms with Crippen molar-refractivity contribution in [3.8, 4) is 11.3 Å². The normalized spacial score (nSPS) is 11.2.